The van der Waals surface area contributed by atoms with E-state index in [0.717, 1.165) is 81.2 Å². The summed E-state index contributed by atoms with van der Waals surface area (Å²) in [5.74, 6) is 0.0839. The van der Waals surface area contributed by atoms with E-state index in [-0.39, 0.29) is 5.91 Å². The van der Waals surface area contributed by atoms with Gasteiger partial charge in [0.1, 0.15) is 5.75 Å². The maximum Gasteiger partial charge on any atom is 0.273 e. The van der Waals surface area contributed by atoms with Crippen molar-refractivity contribution in [2.24, 2.45) is 5.10 Å². The number of hydrogen-bond acceptors (Lipinski definition) is 7. The van der Waals surface area contributed by atoms with Crippen LogP contribution in [0.4, 0.5) is 11.4 Å². The molecule has 9 heteroatoms. The Balaban J connectivity index is 1.48. The number of methoxy groups -OCH3 is 1. The first-order valence-electron chi connectivity index (χ1n) is 15.6. The summed E-state index contributed by atoms with van der Waals surface area (Å²) < 4.78 is 5.20. The highest BCUT2D eigenvalue weighted by atomic mass is 16.5. The van der Waals surface area contributed by atoms with Crippen molar-refractivity contribution in [3.63, 3.8) is 0 Å². The van der Waals surface area contributed by atoms with Crippen LogP contribution in [-0.2, 0) is 6.54 Å². The number of amides is 2. The second-order valence-electron chi connectivity index (χ2n) is 11.2. The number of carbonyl (C=O) groups excluding carboxylic acids is 2. The maximum absolute atomic E-state index is 13.4. The Morgan fingerprint density at radius 3 is 2.39 bits per heavy atom. The van der Waals surface area contributed by atoms with Crippen LogP contribution in [0.1, 0.15) is 65.0 Å². The molecule has 0 radical (unpaired) electrons. The standard InChI is InChI=1S/C35H46N6O3/c1-5-40(6-2)22-21-39(3)26-28-11-10-12-29(23-28)34(42)37-33-18-15-30(41-19-8-7-9-20-41)24-32(33)35(43)38-36-25-27-13-16-31(44-4)17-14-27/h10-18,23-25H,5-9,19-22,26H2,1-4H3,(H,37,42)(H,38,43). The second-order valence-corrected chi connectivity index (χ2v) is 11.2. The average molecular weight is 599 g/mol. The van der Waals surface area contributed by atoms with Gasteiger partial charge in [0.2, 0.25) is 0 Å². The number of ether oxygens (including phenoxy) is 1. The van der Waals surface area contributed by atoms with Crippen LogP contribution in [0, 0.1) is 0 Å². The number of likely N-dealkylation sites (N-methyl/N-ethyl adjacent to an activating group) is 2. The molecule has 1 fully saturated rings. The van der Waals surface area contributed by atoms with Crippen molar-refractivity contribution < 1.29 is 14.3 Å². The first kappa shape index (κ1) is 32.7. The normalized spacial score (nSPS) is 13.5. The third-order valence-corrected chi connectivity index (χ3v) is 8.05. The number of rotatable bonds is 14. The van der Waals surface area contributed by atoms with E-state index in [4.69, 9.17) is 4.74 Å². The van der Waals surface area contributed by atoms with Gasteiger partial charge in [-0.2, -0.15) is 5.10 Å². The fraction of sp³-hybridized carbons (Fsp3) is 0.400. The van der Waals surface area contributed by atoms with Crippen molar-refractivity contribution in [3.8, 4) is 5.75 Å². The highest BCUT2D eigenvalue weighted by Gasteiger charge is 2.19. The summed E-state index contributed by atoms with van der Waals surface area (Å²) in [6.07, 6.45) is 5.03. The molecule has 2 amide bonds. The number of hydrogen-bond donors (Lipinski definition) is 2. The number of nitrogens with zero attached hydrogens (tertiary/aromatic N) is 4. The van der Waals surface area contributed by atoms with Gasteiger partial charge in [0.05, 0.1) is 24.6 Å². The first-order chi connectivity index (χ1) is 21.4. The zero-order valence-corrected chi connectivity index (χ0v) is 26.5. The molecule has 0 aliphatic carbocycles. The molecule has 1 saturated heterocycles. The number of anilines is 2. The molecule has 0 spiro atoms. The third-order valence-electron chi connectivity index (χ3n) is 8.05. The fourth-order valence-electron chi connectivity index (χ4n) is 5.34. The van der Waals surface area contributed by atoms with Gasteiger partial charge in [-0.1, -0.05) is 26.0 Å². The molecule has 3 aromatic rings. The number of carbonyl (C=O) groups is 2. The van der Waals surface area contributed by atoms with Crippen LogP contribution in [0.5, 0.6) is 5.75 Å². The van der Waals surface area contributed by atoms with Crippen molar-refractivity contribution >= 4 is 29.4 Å². The summed E-state index contributed by atoms with van der Waals surface area (Å²) in [4.78, 5) is 33.8. The molecule has 234 valence electrons. The summed E-state index contributed by atoms with van der Waals surface area (Å²) in [6, 6.07) is 20.7. The van der Waals surface area contributed by atoms with E-state index >= 15 is 0 Å². The summed E-state index contributed by atoms with van der Waals surface area (Å²) >= 11 is 0. The summed E-state index contributed by atoms with van der Waals surface area (Å²) in [5, 5.41) is 7.16. The van der Waals surface area contributed by atoms with Crippen LogP contribution >= 0.6 is 0 Å². The zero-order valence-electron chi connectivity index (χ0n) is 26.5. The van der Waals surface area contributed by atoms with E-state index in [1.54, 1.807) is 19.4 Å². The Morgan fingerprint density at radius 1 is 0.932 bits per heavy atom. The molecule has 0 saturated carbocycles. The van der Waals surface area contributed by atoms with E-state index in [1.807, 2.05) is 60.7 Å². The van der Waals surface area contributed by atoms with Crippen molar-refractivity contribution in [3.05, 3.63) is 89.0 Å². The van der Waals surface area contributed by atoms with Gasteiger partial charge in [0, 0.05) is 44.0 Å². The SMILES string of the molecule is CCN(CC)CCN(C)Cc1cccc(C(=O)Nc2ccc(N3CCCCC3)cc2C(=O)NN=Cc2ccc(OC)cc2)c1. The molecule has 1 aliphatic rings. The quantitative estimate of drug-likeness (QED) is 0.189. The molecule has 4 rings (SSSR count). The van der Waals surface area contributed by atoms with Crippen LogP contribution in [-0.4, -0.2) is 81.3 Å². The van der Waals surface area contributed by atoms with Gasteiger partial charge in [-0.15, -0.1) is 0 Å². The van der Waals surface area contributed by atoms with Crippen LogP contribution < -0.4 is 20.4 Å². The van der Waals surface area contributed by atoms with Crippen LogP contribution in [0.3, 0.4) is 0 Å². The van der Waals surface area contributed by atoms with E-state index in [0.29, 0.717) is 16.8 Å². The summed E-state index contributed by atoms with van der Waals surface area (Å²) in [5.41, 5.74) is 6.83. The van der Waals surface area contributed by atoms with E-state index in [1.165, 1.54) is 6.42 Å². The Kier molecular flexibility index (Phi) is 12.3. The smallest absolute Gasteiger partial charge is 0.273 e. The molecule has 44 heavy (non-hydrogen) atoms. The number of hydrazone groups is 1. The highest BCUT2D eigenvalue weighted by molar-refractivity contribution is 6.09. The minimum Gasteiger partial charge on any atom is -0.497 e. The van der Waals surface area contributed by atoms with Crippen molar-refractivity contribution in [1.82, 2.24) is 15.2 Å². The first-order valence-corrected chi connectivity index (χ1v) is 15.6. The number of nitrogens with one attached hydrogen (secondary N) is 2. The Bertz CT molecular complexity index is 1400. The monoisotopic (exact) mass is 598 g/mol. The predicted octanol–water partition coefficient (Wildman–Crippen LogP) is 5.48. The molecule has 0 aromatic heterocycles. The van der Waals surface area contributed by atoms with E-state index in [9.17, 15) is 9.59 Å². The molecule has 1 heterocycles. The van der Waals surface area contributed by atoms with Gasteiger partial charge in [-0.25, -0.2) is 5.43 Å². The van der Waals surface area contributed by atoms with E-state index in [2.05, 4.69) is 51.4 Å². The Hall–Kier alpha value is -4.21. The van der Waals surface area contributed by atoms with Crippen LogP contribution in [0.25, 0.3) is 0 Å². The lowest BCUT2D eigenvalue weighted by atomic mass is 10.1. The Labute approximate surface area is 261 Å². The van der Waals surface area contributed by atoms with Crippen LogP contribution in [0.2, 0.25) is 0 Å². The van der Waals surface area contributed by atoms with Crippen LogP contribution in [0.15, 0.2) is 71.8 Å². The minimum atomic E-state index is -0.396. The van der Waals surface area contributed by atoms with Gasteiger partial charge in [-0.3, -0.25) is 9.59 Å². The lowest BCUT2D eigenvalue weighted by molar-refractivity contribution is 0.0956. The number of piperidine rings is 1. The van der Waals surface area contributed by atoms with Gasteiger partial charge in [0.25, 0.3) is 11.8 Å². The molecule has 0 atom stereocenters. The molecule has 9 nitrogen and oxygen atoms in total. The van der Waals surface area contributed by atoms with Gasteiger partial charge in [-0.05, 0) is 105 Å². The molecule has 3 aromatic carbocycles. The average Bonchev–Trinajstić information content (AvgIpc) is 3.06. The van der Waals surface area contributed by atoms with Gasteiger partial charge >= 0.3 is 0 Å². The summed E-state index contributed by atoms with van der Waals surface area (Å²) in [6.45, 7) is 11.0. The van der Waals surface area contributed by atoms with Crippen molar-refractivity contribution in [2.45, 2.75) is 39.7 Å². The molecular formula is C35H46N6O3. The summed E-state index contributed by atoms with van der Waals surface area (Å²) in [7, 11) is 3.71. The third kappa shape index (κ3) is 9.39. The molecule has 2 N–H and O–H groups in total. The van der Waals surface area contributed by atoms with E-state index < -0.39 is 5.91 Å². The van der Waals surface area contributed by atoms with Gasteiger partial charge in [0.15, 0.2) is 0 Å². The molecule has 0 unspecified atom stereocenters. The lowest BCUT2D eigenvalue weighted by Crippen LogP contribution is -2.32. The minimum absolute atomic E-state index is 0.265. The van der Waals surface area contributed by atoms with Gasteiger partial charge < -0.3 is 24.8 Å². The number of benzene rings is 3. The lowest BCUT2D eigenvalue weighted by Gasteiger charge is -2.29. The zero-order chi connectivity index (χ0) is 31.3. The predicted molar refractivity (Wildman–Crippen MR) is 179 cm³/mol. The molecular weight excluding hydrogens is 552 g/mol. The fourth-order valence-corrected chi connectivity index (χ4v) is 5.34. The topological polar surface area (TPSA) is 89.5 Å². The molecule has 1 aliphatic heterocycles. The highest BCUT2D eigenvalue weighted by Crippen LogP contribution is 2.26. The Morgan fingerprint density at radius 2 is 1.68 bits per heavy atom. The van der Waals surface area contributed by atoms with Crippen molar-refractivity contribution in [1.29, 1.82) is 0 Å². The molecule has 0 bridgehead atoms. The second kappa shape index (κ2) is 16.6. The van der Waals surface area contributed by atoms with Crippen molar-refractivity contribution in [2.75, 3.05) is 63.6 Å². The largest absolute Gasteiger partial charge is 0.497 e. The maximum atomic E-state index is 13.4.